The van der Waals surface area contributed by atoms with Crippen LogP contribution in [-0.2, 0) is 4.74 Å². The Balaban J connectivity index is 0.00000180. The minimum atomic E-state index is -0.184. The van der Waals surface area contributed by atoms with Crippen molar-refractivity contribution in [1.29, 1.82) is 0 Å². The van der Waals surface area contributed by atoms with Gasteiger partial charge >= 0.3 is 0 Å². The molecular weight excluding hydrogens is 263 g/mol. The molecule has 5 heteroatoms. The lowest BCUT2D eigenvalue weighted by Crippen LogP contribution is -2.36. The van der Waals surface area contributed by atoms with E-state index >= 15 is 0 Å². The van der Waals surface area contributed by atoms with E-state index in [4.69, 9.17) is 10.5 Å². The molecule has 0 aromatic heterocycles. The van der Waals surface area contributed by atoms with Crippen molar-refractivity contribution in [2.24, 2.45) is 5.73 Å². The third kappa shape index (κ3) is 4.53. The van der Waals surface area contributed by atoms with Gasteiger partial charge in [0.2, 0.25) is 0 Å². The molecule has 1 aromatic rings. The molecule has 1 heterocycles. The molecule has 2 rings (SSSR count). The fraction of sp³-hybridized carbons (Fsp3) is 0.429. The largest absolute Gasteiger partial charge is 0.378 e. The molecule has 0 atom stereocenters. The third-order valence-electron chi connectivity index (χ3n) is 2.78. The fourth-order valence-corrected chi connectivity index (χ4v) is 2.23. The molecule has 3 nitrogen and oxygen atoms in total. The predicted molar refractivity (Wildman–Crippen MR) is 81.8 cm³/mol. The summed E-state index contributed by atoms with van der Waals surface area (Å²) < 4.78 is 19.3. The van der Waals surface area contributed by atoms with Crippen LogP contribution in [0.25, 0.3) is 6.08 Å². The molecular formula is C14H21FN2OS. The van der Waals surface area contributed by atoms with Crippen LogP contribution < -0.4 is 10.6 Å². The number of hydrogen-bond acceptors (Lipinski definition) is 4. The van der Waals surface area contributed by atoms with Crippen molar-refractivity contribution < 1.29 is 9.13 Å². The van der Waals surface area contributed by atoms with Crippen LogP contribution in [0.4, 0.5) is 10.1 Å². The second-order valence-corrected chi connectivity index (χ2v) is 4.89. The van der Waals surface area contributed by atoms with Crippen LogP contribution in [-0.4, -0.2) is 32.2 Å². The van der Waals surface area contributed by atoms with Crippen molar-refractivity contribution in [3.8, 4) is 0 Å². The highest BCUT2D eigenvalue weighted by Gasteiger charge is 2.14. The Labute approximate surface area is 118 Å². The zero-order valence-corrected chi connectivity index (χ0v) is 11.0. The lowest BCUT2D eigenvalue weighted by molar-refractivity contribution is 0.122. The maximum atomic E-state index is 14.0. The second-order valence-electron chi connectivity index (χ2n) is 3.95. The molecule has 19 heavy (non-hydrogen) atoms. The van der Waals surface area contributed by atoms with Crippen LogP contribution >= 0.6 is 11.8 Å². The maximum Gasteiger partial charge on any atom is 0.147 e. The summed E-state index contributed by atoms with van der Waals surface area (Å²) in [6, 6.07) is 5.30. The summed E-state index contributed by atoms with van der Waals surface area (Å²) in [6.07, 6.45) is 1.86. The smallest absolute Gasteiger partial charge is 0.147 e. The lowest BCUT2D eigenvalue weighted by atomic mass is 10.2. The van der Waals surface area contributed by atoms with Crippen LogP contribution in [0.3, 0.4) is 0 Å². The van der Waals surface area contributed by atoms with Crippen LogP contribution in [0.5, 0.6) is 0 Å². The molecule has 1 aliphatic heterocycles. The monoisotopic (exact) mass is 284 g/mol. The third-order valence-corrected chi connectivity index (χ3v) is 3.30. The Morgan fingerprint density at radius 1 is 1.37 bits per heavy atom. The van der Waals surface area contributed by atoms with Crippen molar-refractivity contribution >= 4 is 23.5 Å². The summed E-state index contributed by atoms with van der Waals surface area (Å²) in [5.74, 6) is 0.349. The average molecular weight is 284 g/mol. The van der Waals surface area contributed by atoms with Gasteiger partial charge in [0.25, 0.3) is 0 Å². The molecule has 0 spiro atoms. The van der Waals surface area contributed by atoms with Gasteiger partial charge in [0.1, 0.15) is 5.82 Å². The van der Waals surface area contributed by atoms with Crippen molar-refractivity contribution in [2.75, 3.05) is 37.1 Å². The molecule has 0 radical (unpaired) electrons. The number of nitrogens with zero attached hydrogens (tertiary/aromatic N) is 1. The van der Waals surface area contributed by atoms with E-state index in [1.807, 2.05) is 28.5 Å². The Kier molecular flexibility index (Phi) is 6.91. The SMILES string of the molecule is C.NCS/C=C/c1ccc(N2CCOCC2)c(F)c1. The first-order valence-electron chi connectivity index (χ1n) is 5.92. The number of nitrogens with two attached hydrogens (primary N) is 1. The van der Waals surface area contributed by atoms with Crippen molar-refractivity contribution in [3.05, 3.63) is 35.0 Å². The average Bonchev–Trinajstić information content (AvgIpc) is 2.40. The highest BCUT2D eigenvalue weighted by atomic mass is 32.2. The summed E-state index contributed by atoms with van der Waals surface area (Å²) in [4.78, 5) is 2.01. The second kappa shape index (κ2) is 8.19. The van der Waals surface area contributed by atoms with E-state index in [2.05, 4.69) is 0 Å². The Morgan fingerprint density at radius 2 is 2.11 bits per heavy atom. The number of morpholine rings is 1. The van der Waals surface area contributed by atoms with Gasteiger partial charge in [-0.05, 0) is 29.2 Å². The molecule has 1 aromatic carbocycles. The van der Waals surface area contributed by atoms with Gasteiger partial charge in [0, 0.05) is 19.0 Å². The summed E-state index contributed by atoms with van der Waals surface area (Å²) in [5.41, 5.74) is 6.87. The zero-order chi connectivity index (χ0) is 12.8. The van der Waals surface area contributed by atoms with E-state index in [1.54, 1.807) is 6.07 Å². The summed E-state index contributed by atoms with van der Waals surface area (Å²) in [5, 5.41) is 1.88. The van der Waals surface area contributed by atoms with Gasteiger partial charge in [-0.2, -0.15) is 0 Å². The van der Waals surface area contributed by atoms with E-state index in [0.717, 1.165) is 18.7 Å². The summed E-state index contributed by atoms with van der Waals surface area (Å²) in [6.45, 7) is 2.81. The van der Waals surface area contributed by atoms with E-state index in [-0.39, 0.29) is 13.2 Å². The number of anilines is 1. The van der Waals surface area contributed by atoms with Gasteiger partial charge in [-0.1, -0.05) is 13.5 Å². The first-order valence-corrected chi connectivity index (χ1v) is 6.96. The Hall–Kier alpha value is -1.04. The molecule has 2 N–H and O–H groups in total. The molecule has 0 bridgehead atoms. The zero-order valence-electron chi connectivity index (χ0n) is 10.1. The Bertz CT molecular complexity index is 420. The highest BCUT2D eigenvalue weighted by molar-refractivity contribution is 8.02. The first-order chi connectivity index (χ1) is 8.81. The summed E-state index contributed by atoms with van der Waals surface area (Å²) in [7, 11) is 0. The molecule has 1 saturated heterocycles. The van der Waals surface area contributed by atoms with Crippen LogP contribution in [0.15, 0.2) is 23.6 Å². The number of benzene rings is 1. The fourth-order valence-electron chi connectivity index (χ4n) is 1.87. The number of hydrogen-bond donors (Lipinski definition) is 1. The van der Waals surface area contributed by atoms with E-state index in [0.29, 0.717) is 24.8 Å². The van der Waals surface area contributed by atoms with Crippen LogP contribution in [0, 0.1) is 5.82 Å². The highest BCUT2D eigenvalue weighted by Crippen LogP contribution is 2.22. The molecule has 106 valence electrons. The van der Waals surface area contributed by atoms with Crippen LogP contribution in [0.2, 0.25) is 0 Å². The van der Waals surface area contributed by atoms with E-state index in [1.165, 1.54) is 11.8 Å². The molecule has 0 unspecified atom stereocenters. The summed E-state index contributed by atoms with van der Waals surface area (Å²) >= 11 is 1.49. The van der Waals surface area contributed by atoms with Gasteiger partial charge in [0.15, 0.2) is 0 Å². The standard InChI is InChI=1S/C13H17FN2OS.CH4/c14-12-9-11(3-8-18-10-15)1-2-13(12)16-4-6-17-7-5-16;/h1-3,8-9H,4-7,10,15H2;1H4/b8-3+;. The number of halogens is 1. The lowest BCUT2D eigenvalue weighted by Gasteiger charge is -2.29. The number of ether oxygens (including phenoxy) is 1. The maximum absolute atomic E-state index is 14.0. The molecule has 0 aliphatic carbocycles. The van der Waals surface area contributed by atoms with E-state index < -0.39 is 0 Å². The molecule has 0 amide bonds. The number of thioether (sulfide) groups is 1. The van der Waals surface area contributed by atoms with Gasteiger partial charge in [0.05, 0.1) is 18.9 Å². The number of rotatable bonds is 4. The van der Waals surface area contributed by atoms with Gasteiger partial charge < -0.3 is 15.4 Å². The van der Waals surface area contributed by atoms with Gasteiger partial charge in [-0.3, -0.25) is 0 Å². The van der Waals surface area contributed by atoms with Crippen LogP contribution in [0.1, 0.15) is 13.0 Å². The van der Waals surface area contributed by atoms with E-state index in [9.17, 15) is 4.39 Å². The van der Waals surface area contributed by atoms with Crippen molar-refractivity contribution in [1.82, 2.24) is 0 Å². The van der Waals surface area contributed by atoms with Crippen molar-refractivity contribution in [2.45, 2.75) is 7.43 Å². The minimum Gasteiger partial charge on any atom is -0.378 e. The minimum absolute atomic E-state index is 0. The van der Waals surface area contributed by atoms with Gasteiger partial charge in [-0.25, -0.2) is 4.39 Å². The first kappa shape index (κ1) is 16.0. The normalized spacial score (nSPS) is 15.6. The topological polar surface area (TPSA) is 38.5 Å². The molecule has 1 aliphatic rings. The quantitative estimate of drug-likeness (QED) is 0.863. The molecule has 0 saturated carbocycles. The van der Waals surface area contributed by atoms with Gasteiger partial charge in [-0.15, -0.1) is 11.8 Å². The van der Waals surface area contributed by atoms with Crippen molar-refractivity contribution in [3.63, 3.8) is 0 Å². The molecule has 1 fully saturated rings. The Morgan fingerprint density at radius 3 is 2.74 bits per heavy atom. The predicted octanol–water partition coefficient (Wildman–Crippen LogP) is 2.92.